The lowest BCUT2D eigenvalue weighted by Gasteiger charge is -2.36. The Balaban J connectivity index is 1.47. The van der Waals surface area contributed by atoms with Crippen LogP contribution in [-0.2, 0) is 9.59 Å². The number of hydrogen-bond acceptors (Lipinski definition) is 5. The fourth-order valence-electron chi connectivity index (χ4n) is 3.21. The molecule has 3 rings (SSSR count). The van der Waals surface area contributed by atoms with Gasteiger partial charge in [0.1, 0.15) is 6.04 Å². The van der Waals surface area contributed by atoms with Crippen molar-refractivity contribution in [3.63, 3.8) is 0 Å². The van der Waals surface area contributed by atoms with Crippen LogP contribution in [0.2, 0.25) is 0 Å². The lowest BCUT2D eigenvalue weighted by molar-refractivity contribution is -0.131. The summed E-state index contributed by atoms with van der Waals surface area (Å²) in [5, 5.41) is 4.66. The second kappa shape index (κ2) is 7.55. The van der Waals surface area contributed by atoms with Crippen LogP contribution in [0, 0.1) is 0 Å². The van der Waals surface area contributed by atoms with E-state index >= 15 is 0 Å². The van der Waals surface area contributed by atoms with Crippen molar-refractivity contribution in [3.05, 3.63) is 29.8 Å². The van der Waals surface area contributed by atoms with Gasteiger partial charge in [-0.1, -0.05) is 0 Å². The number of carbonyl (C=O) groups is 4. The third kappa shape index (κ3) is 4.01. The molecule has 138 valence electrons. The molecule has 4 amide bonds. The summed E-state index contributed by atoms with van der Waals surface area (Å²) >= 11 is 0. The molecule has 2 fully saturated rings. The second-order valence-corrected chi connectivity index (χ2v) is 6.52. The monoisotopic (exact) mass is 358 g/mol. The van der Waals surface area contributed by atoms with Gasteiger partial charge in [0.05, 0.1) is 0 Å². The van der Waals surface area contributed by atoms with Gasteiger partial charge in [0, 0.05) is 43.9 Å². The number of rotatable bonds is 5. The Labute approximate surface area is 151 Å². The molecule has 0 radical (unpaired) electrons. The average molecular weight is 358 g/mol. The fraction of sp³-hybridized carbons (Fsp3) is 0.444. The second-order valence-electron chi connectivity index (χ2n) is 6.52. The predicted octanol–water partition coefficient (Wildman–Crippen LogP) is 0.526. The summed E-state index contributed by atoms with van der Waals surface area (Å²) in [6, 6.07) is 6.36. The molecular weight excluding hydrogens is 336 g/mol. The Morgan fingerprint density at radius 2 is 1.73 bits per heavy atom. The van der Waals surface area contributed by atoms with Crippen LogP contribution < -0.4 is 15.5 Å². The van der Waals surface area contributed by atoms with Crippen LogP contribution >= 0.6 is 0 Å². The molecule has 8 heteroatoms. The molecule has 0 saturated carbocycles. The first-order valence-corrected chi connectivity index (χ1v) is 8.69. The van der Waals surface area contributed by atoms with Crippen molar-refractivity contribution in [2.45, 2.75) is 25.8 Å². The number of amides is 4. The minimum absolute atomic E-state index is 0.00877. The van der Waals surface area contributed by atoms with Crippen molar-refractivity contribution in [2.75, 3.05) is 31.1 Å². The van der Waals surface area contributed by atoms with E-state index in [1.165, 1.54) is 0 Å². The largest absolute Gasteiger partial charge is 0.368 e. The van der Waals surface area contributed by atoms with Crippen molar-refractivity contribution in [3.8, 4) is 0 Å². The molecule has 0 aliphatic carbocycles. The van der Waals surface area contributed by atoms with E-state index in [-0.39, 0.29) is 24.0 Å². The number of imide groups is 1. The summed E-state index contributed by atoms with van der Waals surface area (Å²) < 4.78 is 0. The Hall–Kier alpha value is -2.90. The van der Waals surface area contributed by atoms with Gasteiger partial charge in [0.25, 0.3) is 5.91 Å². The fourth-order valence-corrected chi connectivity index (χ4v) is 3.21. The Bertz CT molecular complexity index is 723. The zero-order chi connectivity index (χ0) is 18.7. The summed E-state index contributed by atoms with van der Waals surface area (Å²) in [7, 11) is 0. The van der Waals surface area contributed by atoms with E-state index in [4.69, 9.17) is 0 Å². The molecule has 0 unspecified atom stereocenters. The van der Waals surface area contributed by atoms with Gasteiger partial charge in [-0.05, 0) is 37.6 Å². The van der Waals surface area contributed by atoms with Gasteiger partial charge in [0.2, 0.25) is 5.91 Å². The van der Waals surface area contributed by atoms with Gasteiger partial charge >= 0.3 is 6.03 Å². The molecule has 1 atom stereocenters. The minimum Gasteiger partial charge on any atom is -0.368 e. The molecule has 0 aromatic heterocycles. The first kappa shape index (κ1) is 17.9. The van der Waals surface area contributed by atoms with Gasteiger partial charge in [0.15, 0.2) is 5.78 Å². The van der Waals surface area contributed by atoms with E-state index in [9.17, 15) is 19.2 Å². The Morgan fingerprint density at radius 1 is 1.08 bits per heavy atom. The van der Waals surface area contributed by atoms with Crippen molar-refractivity contribution >= 4 is 29.3 Å². The number of Topliss-reactive ketones (excluding diaryl/α,β-unsaturated/α-hetero) is 1. The number of carbonyl (C=O) groups excluding carboxylic acids is 4. The van der Waals surface area contributed by atoms with Crippen molar-refractivity contribution in [1.29, 1.82) is 0 Å². The summed E-state index contributed by atoms with van der Waals surface area (Å²) in [4.78, 5) is 50.2. The van der Waals surface area contributed by atoms with Crippen LogP contribution in [0.3, 0.4) is 0 Å². The number of anilines is 1. The number of benzene rings is 1. The van der Waals surface area contributed by atoms with Crippen LogP contribution in [0.25, 0.3) is 0 Å². The zero-order valence-corrected chi connectivity index (χ0v) is 14.7. The maximum Gasteiger partial charge on any atom is 0.322 e. The van der Waals surface area contributed by atoms with Gasteiger partial charge in [-0.25, -0.2) is 4.79 Å². The molecule has 1 aromatic rings. The SMILES string of the molecule is CC(=O)c1ccc(N2CCN(C(=O)CC[C@@H]3NC(=O)NC3=O)CC2)cc1. The first-order valence-electron chi connectivity index (χ1n) is 8.69. The summed E-state index contributed by atoms with van der Waals surface area (Å²) in [5.41, 5.74) is 1.72. The predicted molar refractivity (Wildman–Crippen MR) is 94.9 cm³/mol. The molecule has 2 heterocycles. The highest BCUT2D eigenvalue weighted by Gasteiger charge is 2.30. The van der Waals surface area contributed by atoms with Gasteiger partial charge in [-0.2, -0.15) is 0 Å². The molecule has 0 spiro atoms. The van der Waals surface area contributed by atoms with Gasteiger partial charge < -0.3 is 15.1 Å². The van der Waals surface area contributed by atoms with Crippen LogP contribution in [0.1, 0.15) is 30.1 Å². The molecular formula is C18H22N4O4. The number of piperazine rings is 1. The van der Waals surface area contributed by atoms with Crippen LogP contribution in [0.5, 0.6) is 0 Å². The topological polar surface area (TPSA) is 98.8 Å². The summed E-state index contributed by atoms with van der Waals surface area (Å²) in [6.45, 7) is 4.19. The number of nitrogens with one attached hydrogen (secondary N) is 2. The normalized spacial score (nSPS) is 20.0. The maximum atomic E-state index is 12.3. The quantitative estimate of drug-likeness (QED) is 0.591. The third-order valence-corrected chi connectivity index (χ3v) is 4.78. The number of nitrogens with zero attached hydrogens (tertiary/aromatic N) is 2. The summed E-state index contributed by atoms with van der Waals surface area (Å²) in [5.74, 6) is -0.341. The lowest BCUT2D eigenvalue weighted by atomic mass is 10.1. The van der Waals surface area contributed by atoms with E-state index in [0.717, 1.165) is 5.69 Å². The van der Waals surface area contributed by atoms with Crippen LogP contribution in [0.15, 0.2) is 24.3 Å². The molecule has 2 N–H and O–H groups in total. The summed E-state index contributed by atoms with van der Waals surface area (Å²) in [6.07, 6.45) is 0.537. The van der Waals surface area contributed by atoms with E-state index in [0.29, 0.717) is 38.2 Å². The molecule has 2 aliphatic heterocycles. The Kier molecular flexibility index (Phi) is 5.20. The zero-order valence-electron chi connectivity index (χ0n) is 14.7. The van der Waals surface area contributed by atoms with Crippen molar-refractivity contribution in [1.82, 2.24) is 15.5 Å². The smallest absolute Gasteiger partial charge is 0.322 e. The highest BCUT2D eigenvalue weighted by atomic mass is 16.2. The highest BCUT2D eigenvalue weighted by molar-refractivity contribution is 6.04. The van der Waals surface area contributed by atoms with Crippen molar-refractivity contribution < 1.29 is 19.2 Å². The standard InChI is InChI=1S/C18H22N4O4/c1-12(23)13-2-4-14(5-3-13)21-8-10-22(11-9-21)16(24)7-6-15-17(25)20-18(26)19-15/h2-5,15H,6-11H2,1H3,(H2,19,20,25,26)/t15-/m0/s1. The number of urea groups is 1. The minimum atomic E-state index is -0.618. The van der Waals surface area contributed by atoms with E-state index in [2.05, 4.69) is 15.5 Å². The molecule has 2 aliphatic rings. The van der Waals surface area contributed by atoms with Crippen molar-refractivity contribution in [2.24, 2.45) is 0 Å². The molecule has 1 aromatic carbocycles. The van der Waals surface area contributed by atoms with E-state index < -0.39 is 12.1 Å². The van der Waals surface area contributed by atoms with Gasteiger partial charge in [-0.3, -0.25) is 19.7 Å². The van der Waals surface area contributed by atoms with Crippen LogP contribution in [-0.4, -0.2) is 60.7 Å². The molecule has 2 saturated heterocycles. The molecule has 26 heavy (non-hydrogen) atoms. The lowest BCUT2D eigenvalue weighted by Crippen LogP contribution is -2.49. The van der Waals surface area contributed by atoms with E-state index in [1.807, 2.05) is 24.3 Å². The van der Waals surface area contributed by atoms with Gasteiger partial charge in [-0.15, -0.1) is 0 Å². The maximum absolute atomic E-state index is 12.3. The third-order valence-electron chi connectivity index (χ3n) is 4.78. The first-order chi connectivity index (χ1) is 12.4. The molecule has 0 bridgehead atoms. The van der Waals surface area contributed by atoms with E-state index in [1.54, 1.807) is 11.8 Å². The molecule has 8 nitrogen and oxygen atoms in total. The average Bonchev–Trinajstić information content (AvgIpc) is 2.97. The number of hydrogen-bond donors (Lipinski definition) is 2. The Morgan fingerprint density at radius 3 is 2.27 bits per heavy atom. The number of ketones is 1. The highest BCUT2D eigenvalue weighted by Crippen LogP contribution is 2.18. The van der Waals surface area contributed by atoms with Crippen LogP contribution in [0.4, 0.5) is 10.5 Å².